The minimum atomic E-state index is -0.398. The van der Waals surface area contributed by atoms with Crippen LogP contribution in [0.25, 0.3) is 0 Å². The first kappa shape index (κ1) is 18.2. The molecule has 26 heavy (non-hydrogen) atoms. The Morgan fingerprint density at radius 2 is 1.81 bits per heavy atom. The summed E-state index contributed by atoms with van der Waals surface area (Å²) in [7, 11) is 0. The molecule has 0 fully saturated rings. The lowest BCUT2D eigenvalue weighted by Crippen LogP contribution is -2.26. The van der Waals surface area contributed by atoms with Gasteiger partial charge in [0.2, 0.25) is 0 Å². The number of aromatic nitrogens is 2. The van der Waals surface area contributed by atoms with Gasteiger partial charge in [-0.3, -0.25) is 9.59 Å². The molecule has 3 aromatic rings. The molecule has 0 saturated carbocycles. The zero-order valence-corrected chi connectivity index (χ0v) is 15.4. The van der Waals surface area contributed by atoms with E-state index in [-0.39, 0.29) is 17.8 Å². The summed E-state index contributed by atoms with van der Waals surface area (Å²) in [4.78, 5) is 24.5. The molecule has 1 heterocycles. The van der Waals surface area contributed by atoms with E-state index in [0.717, 1.165) is 5.56 Å². The number of benzene rings is 2. The highest BCUT2D eigenvalue weighted by Crippen LogP contribution is 2.21. The molecule has 132 valence electrons. The number of amides is 1. The van der Waals surface area contributed by atoms with Gasteiger partial charge in [0.25, 0.3) is 11.5 Å². The molecule has 0 saturated heterocycles. The van der Waals surface area contributed by atoms with E-state index in [0.29, 0.717) is 21.3 Å². The SMILES string of the molecule is Cc1ccc(NC(=O)c2ccc(=O)n(Cc3ccc(Cl)cc3Cl)n2)cc1. The maximum Gasteiger partial charge on any atom is 0.276 e. The lowest BCUT2D eigenvalue weighted by Gasteiger charge is -2.09. The maximum atomic E-state index is 12.4. The van der Waals surface area contributed by atoms with Crippen LogP contribution in [0.15, 0.2) is 59.4 Å². The predicted octanol–water partition coefficient (Wildman–Crippen LogP) is 4.16. The third-order valence-corrected chi connectivity index (χ3v) is 4.33. The molecule has 0 aliphatic rings. The molecule has 3 rings (SSSR count). The second-order valence-electron chi connectivity index (χ2n) is 5.77. The average molecular weight is 388 g/mol. The van der Waals surface area contributed by atoms with Gasteiger partial charge >= 0.3 is 0 Å². The number of halogens is 2. The van der Waals surface area contributed by atoms with Crippen LogP contribution in [-0.2, 0) is 6.54 Å². The van der Waals surface area contributed by atoms with Crippen LogP contribution in [0.1, 0.15) is 21.6 Å². The Bertz CT molecular complexity index is 1010. The van der Waals surface area contributed by atoms with E-state index in [2.05, 4.69) is 10.4 Å². The second-order valence-corrected chi connectivity index (χ2v) is 6.61. The van der Waals surface area contributed by atoms with E-state index in [4.69, 9.17) is 23.2 Å². The fraction of sp³-hybridized carbons (Fsp3) is 0.105. The summed E-state index contributed by atoms with van der Waals surface area (Å²) in [6.45, 7) is 2.10. The Morgan fingerprint density at radius 1 is 1.08 bits per heavy atom. The van der Waals surface area contributed by atoms with Crippen LogP contribution in [0.3, 0.4) is 0 Å². The first-order valence-corrected chi connectivity index (χ1v) is 8.58. The van der Waals surface area contributed by atoms with Crippen LogP contribution >= 0.6 is 23.2 Å². The normalized spacial score (nSPS) is 10.6. The van der Waals surface area contributed by atoms with Gasteiger partial charge in [0.05, 0.1) is 6.54 Å². The lowest BCUT2D eigenvalue weighted by atomic mass is 10.2. The standard InChI is InChI=1S/C19H15Cl2N3O2/c1-12-2-6-15(7-3-12)22-19(26)17-8-9-18(25)24(23-17)11-13-4-5-14(20)10-16(13)21/h2-10H,11H2,1H3,(H,22,26). The Morgan fingerprint density at radius 3 is 2.50 bits per heavy atom. The van der Waals surface area contributed by atoms with Crippen LogP contribution in [0.4, 0.5) is 5.69 Å². The summed E-state index contributed by atoms with van der Waals surface area (Å²) in [5.74, 6) is -0.398. The number of nitrogens with zero attached hydrogens (tertiary/aromatic N) is 2. The minimum Gasteiger partial charge on any atom is -0.321 e. The van der Waals surface area contributed by atoms with Crippen LogP contribution in [-0.4, -0.2) is 15.7 Å². The highest BCUT2D eigenvalue weighted by Gasteiger charge is 2.11. The van der Waals surface area contributed by atoms with Gasteiger partial charge in [-0.1, -0.05) is 47.0 Å². The molecule has 0 aliphatic carbocycles. The molecule has 0 atom stereocenters. The fourth-order valence-electron chi connectivity index (χ4n) is 2.33. The third kappa shape index (κ3) is 4.31. The highest BCUT2D eigenvalue weighted by molar-refractivity contribution is 6.35. The van der Waals surface area contributed by atoms with Crippen molar-refractivity contribution in [1.82, 2.24) is 9.78 Å². The van der Waals surface area contributed by atoms with E-state index >= 15 is 0 Å². The number of rotatable bonds is 4. The minimum absolute atomic E-state index is 0.135. The van der Waals surface area contributed by atoms with E-state index in [1.807, 2.05) is 19.1 Å². The zero-order chi connectivity index (χ0) is 18.7. The van der Waals surface area contributed by atoms with E-state index in [1.165, 1.54) is 16.8 Å². The average Bonchev–Trinajstić information content (AvgIpc) is 2.61. The Labute approximate surface area is 160 Å². The third-order valence-electron chi connectivity index (χ3n) is 3.74. The van der Waals surface area contributed by atoms with Crippen molar-refractivity contribution in [2.75, 3.05) is 5.32 Å². The number of hydrogen-bond donors (Lipinski definition) is 1. The number of hydrogen-bond acceptors (Lipinski definition) is 3. The van der Waals surface area contributed by atoms with Crippen LogP contribution in [0.2, 0.25) is 10.0 Å². The quantitative estimate of drug-likeness (QED) is 0.730. The van der Waals surface area contributed by atoms with Crippen LogP contribution in [0, 0.1) is 6.92 Å². The van der Waals surface area contributed by atoms with Crippen molar-refractivity contribution in [2.45, 2.75) is 13.5 Å². The van der Waals surface area contributed by atoms with Crippen molar-refractivity contribution in [2.24, 2.45) is 0 Å². The molecule has 2 aromatic carbocycles. The van der Waals surface area contributed by atoms with Gasteiger partial charge in [0.1, 0.15) is 5.69 Å². The first-order chi connectivity index (χ1) is 12.4. The predicted molar refractivity (Wildman–Crippen MR) is 103 cm³/mol. The topological polar surface area (TPSA) is 64.0 Å². The maximum absolute atomic E-state index is 12.4. The summed E-state index contributed by atoms with van der Waals surface area (Å²) >= 11 is 12.0. The van der Waals surface area contributed by atoms with Gasteiger partial charge in [0, 0.05) is 21.8 Å². The summed E-state index contributed by atoms with van der Waals surface area (Å²) in [6.07, 6.45) is 0. The van der Waals surface area contributed by atoms with Crippen molar-refractivity contribution >= 4 is 34.8 Å². The summed E-state index contributed by atoms with van der Waals surface area (Å²) < 4.78 is 1.19. The van der Waals surface area contributed by atoms with Crippen molar-refractivity contribution in [1.29, 1.82) is 0 Å². The van der Waals surface area contributed by atoms with Crippen LogP contribution in [0.5, 0.6) is 0 Å². The molecule has 5 nitrogen and oxygen atoms in total. The molecule has 0 radical (unpaired) electrons. The van der Waals surface area contributed by atoms with Crippen molar-refractivity contribution in [3.8, 4) is 0 Å². The van der Waals surface area contributed by atoms with Gasteiger partial charge in [-0.2, -0.15) is 5.10 Å². The van der Waals surface area contributed by atoms with E-state index in [1.54, 1.807) is 30.3 Å². The molecule has 0 unspecified atom stereocenters. The number of carbonyl (C=O) groups is 1. The Balaban J connectivity index is 1.83. The van der Waals surface area contributed by atoms with E-state index in [9.17, 15) is 9.59 Å². The molecule has 0 bridgehead atoms. The van der Waals surface area contributed by atoms with Gasteiger partial charge in [-0.25, -0.2) is 4.68 Å². The number of anilines is 1. The lowest BCUT2D eigenvalue weighted by molar-refractivity contribution is 0.102. The summed E-state index contributed by atoms with van der Waals surface area (Å²) in [6, 6.07) is 15.1. The summed E-state index contributed by atoms with van der Waals surface area (Å²) in [5.41, 5.74) is 2.23. The van der Waals surface area contributed by atoms with Gasteiger partial charge in [0.15, 0.2) is 0 Å². The van der Waals surface area contributed by atoms with E-state index < -0.39 is 5.91 Å². The Hall–Kier alpha value is -2.63. The highest BCUT2D eigenvalue weighted by atomic mass is 35.5. The molecule has 0 aliphatic heterocycles. The number of aryl methyl sites for hydroxylation is 1. The van der Waals surface area contributed by atoms with Gasteiger partial charge < -0.3 is 5.32 Å². The fourth-order valence-corrected chi connectivity index (χ4v) is 2.79. The van der Waals surface area contributed by atoms with Crippen LogP contribution < -0.4 is 10.9 Å². The van der Waals surface area contributed by atoms with Gasteiger partial charge in [-0.15, -0.1) is 0 Å². The molecular weight excluding hydrogens is 373 g/mol. The number of carbonyl (C=O) groups excluding carboxylic acids is 1. The summed E-state index contributed by atoms with van der Waals surface area (Å²) in [5, 5.41) is 7.84. The molecule has 0 spiro atoms. The van der Waals surface area contributed by atoms with Crippen molar-refractivity contribution < 1.29 is 4.79 Å². The molecule has 1 aromatic heterocycles. The molecular formula is C19H15Cl2N3O2. The first-order valence-electron chi connectivity index (χ1n) is 7.82. The second kappa shape index (κ2) is 7.72. The number of nitrogens with one attached hydrogen (secondary N) is 1. The van der Waals surface area contributed by atoms with Crippen molar-refractivity contribution in [3.05, 3.63) is 91.8 Å². The molecule has 1 amide bonds. The molecule has 1 N–H and O–H groups in total. The Kier molecular flexibility index (Phi) is 5.40. The van der Waals surface area contributed by atoms with Gasteiger partial charge in [-0.05, 0) is 42.8 Å². The molecule has 7 heteroatoms. The largest absolute Gasteiger partial charge is 0.321 e. The monoisotopic (exact) mass is 387 g/mol. The smallest absolute Gasteiger partial charge is 0.276 e. The van der Waals surface area contributed by atoms with Crippen molar-refractivity contribution in [3.63, 3.8) is 0 Å². The zero-order valence-electron chi connectivity index (χ0n) is 13.9.